The second-order valence-electron chi connectivity index (χ2n) is 9.54. The van der Waals surface area contributed by atoms with Crippen molar-refractivity contribution in [3.8, 4) is 0 Å². The van der Waals surface area contributed by atoms with E-state index < -0.39 is 18.4 Å². The van der Waals surface area contributed by atoms with Crippen LogP contribution in [-0.2, 0) is 16.1 Å². The van der Waals surface area contributed by atoms with Gasteiger partial charge in [-0.1, -0.05) is 17.7 Å². The summed E-state index contributed by atoms with van der Waals surface area (Å²) in [5.74, 6) is 0.246. The van der Waals surface area contributed by atoms with Crippen LogP contribution in [0.5, 0.6) is 0 Å². The van der Waals surface area contributed by atoms with E-state index in [1.165, 1.54) is 4.90 Å². The Labute approximate surface area is 208 Å². The fourth-order valence-electron chi connectivity index (χ4n) is 5.02. The number of hydrogen-bond donors (Lipinski definition) is 0. The van der Waals surface area contributed by atoms with Crippen LogP contribution in [-0.4, -0.2) is 90.8 Å². The van der Waals surface area contributed by atoms with Crippen molar-refractivity contribution >= 4 is 29.3 Å². The molecule has 1 aromatic rings. The zero-order chi connectivity index (χ0) is 25.2. The van der Waals surface area contributed by atoms with Crippen molar-refractivity contribution in [2.24, 2.45) is 0 Å². The van der Waals surface area contributed by atoms with Gasteiger partial charge in [-0.05, 0) is 43.9 Å². The Morgan fingerprint density at radius 1 is 1.14 bits per heavy atom. The Kier molecular flexibility index (Phi) is 8.00. The molecule has 3 saturated heterocycles. The molecule has 0 radical (unpaired) electrons. The van der Waals surface area contributed by atoms with E-state index in [1.54, 1.807) is 0 Å². The normalized spacial score (nSPS) is 23.1. The molecular formula is C24H32ClF3N4O3. The second-order valence-corrected chi connectivity index (χ2v) is 9.97. The highest BCUT2D eigenvalue weighted by Crippen LogP contribution is 2.31. The summed E-state index contributed by atoms with van der Waals surface area (Å²) in [5, 5.41) is 0.646. The molecule has 2 amide bonds. The van der Waals surface area contributed by atoms with Crippen LogP contribution in [0.1, 0.15) is 38.2 Å². The molecule has 2 atom stereocenters. The van der Waals surface area contributed by atoms with Crippen molar-refractivity contribution in [3.63, 3.8) is 0 Å². The minimum atomic E-state index is -4.57. The lowest BCUT2D eigenvalue weighted by molar-refractivity contribution is -0.200. The average molecular weight is 517 g/mol. The van der Waals surface area contributed by atoms with Crippen LogP contribution in [0.4, 0.5) is 23.7 Å². The third-order valence-corrected chi connectivity index (χ3v) is 7.35. The lowest BCUT2D eigenvalue weighted by Gasteiger charge is -2.35. The number of ether oxygens (including phenoxy) is 1. The maximum absolute atomic E-state index is 12.7. The standard InChI is InChI=1S/C24H32ClF3N4O3/c1-17(24(26,27)28)35-23(34)30-12-10-29(11-13-30)15-18-5-6-19(25)14-21(18)31-9-7-20(16-31)32-8-3-2-4-22(32)33/h5-6,14,17,20H,2-4,7-13,15-16H2,1H3/t17?,20-/m0/s1. The molecule has 0 spiro atoms. The van der Waals surface area contributed by atoms with Crippen molar-refractivity contribution in [2.45, 2.75) is 57.5 Å². The number of carbonyl (C=O) groups excluding carboxylic acids is 2. The monoisotopic (exact) mass is 516 g/mol. The summed E-state index contributed by atoms with van der Waals surface area (Å²) >= 11 is 6.33. The summed E-state index contributed by atoms with van der Waals surface area (Å²) in [6.07, 6.45) is -4.05. The smallest absolute Gasteiger partial charge is 0.425 e. The van der Waals surface area contributed by atoms with Gasteiger partial charge in [0.25, 0.3) is 0 Å². The molecular weight excluding hydrogens is 485 g/mol. The molecule has 3 aliphatic rings. The first-order chi connectivity index (χ1) is 16.6. The molecule has 0 aliphatic carbocycles. The van der Waals surface area contributed by atoms with Gasteiger partial charge in [-0.25, -0.2) is 4.79 Å². The molecule has 11 heteroatoms. The fourth-order valence-corrected chi connectivity index (χ4v) is 5.18. The van der Waals surface area contributed by atoms with E-state index in [9.17, 15) is 22.8 Å². The van der Waals surface area contributed by atoms with Crippen molar-refractivity contribution < 1.29 is 27.5 Å². The van der Waals surface area contributed by atoms with E-state index >= 15 is 0 Å². The molecule has 1 aromatic carbocycles. The van der Waals surface area contributed by atoms with Crippen LogP contribution in [0, 0.1) is 0 Å². The van der Waals surface area contributed by atoms with Crippen LogP contribution in [0.25, 0.3) is 0 Å². The quantitative estimate of drug-likeness (QED) is 0.589. The lowest BCUT2D eigenvalue weighted by Crippen LogP contribution is -2.49. The molecule has 3 heterocycles. The lowest BCUT2D eigenvalue weighted by atomic mass is 10.1. The predicted molar refractivity (Wildman–Crippen MR) is 126 cm³/mol. The summed E-state index contributed by atoms with van der Waals surface area (Å²) in [6.45, 7) is 5.58. The molecule has 0 N–H and O–H groups in total. The highest BCUT2D eigenvalue weighted by atomic mass is 35.5. The van der Waals surface area contributed by atoms with Gasteiger partial charge in [0.2, 0.25) is 5.91 Å². The maximum atomic E-state index is 12.7. The zero-order valence-corrected chi connectivity index (χ0v) is 20.7. The summed E-state index contributed by atoms with van der Waals surface area (Å²) in [5.41, 5.74) is 2.15. The highest BCUT2D eigenvalue weighted by Gasteiger charge is 2.40. The Hall–Kier alpha value is -2.20. The van der Waals surface area contributed by atoms with E-state index in [-0.39, 0.29) is 11.9 Å². The Bertz CT molecular complexity index is 924. The van der Waals surface area contributed by atoms with E-state index in [0.717, 1.165) is 57.1 Å². The second kappa shape index (κ2) is 10.8. The number of nitrogens with zero attached hydrogens (tertiary/aromatic N) is 4. The van der Waals surface area contributed by atoms with E-state index in [2.05, 4.69) is 14.5 Å². The van der Waals surface area contributed by atoms with Crippen molar-refractivity contribution in [1.82, 2.24) is 14.7 Å². The number of carbonyl (C=O) groups is 2. The summed E-state index contributed by atoms with van der Waals surface area (Å²) < 4.78 is 42.6. The third-order valence-electron chi connectivity index (χ3n) is 7.12. The van der Waals surface area contributed by atoms with Gasteiger partial charge in [-0.15, -0.1) is 0 Å². The van der Waals surface area contributed by atoms with Crippen LogP contribution in [0.3, 0.4) is 0 Å². The number of benzene rings is 1. The number of halogens is 4. The SMILES string of the molecule is CC(OC(=O)N1CCN(Cc2ccc(Cl)cc2N2CC[C@H](N3CCCCC3=O)C2)CC1)C(F)(F)F. The number of amides is 2. The van der Waals surface area contributed by atoms with Crippen molar-refractivity contribution in [2.75, 3.05) is 50.7 Å². The van der Waals surface area contributed by atoms with Gasteiger partial charge in [-0.2, -0.15) is 13.2 Å². The average Bonchev–Trinajstić information content (AvgIpc) is 3.30. The van der Waals surface area contributed by atoms with E-state index in [4.69, 9.17) is 11.6 Å². The Balaban J connectivity index is 1.35. The number of alkyl halides is 3. The zero-order valence-electron chi connectivity index (χ0n) is 19.9. The largest absolute Gasteiger partial charge is 0.437 e. The molecule has 0 saturated carbocycles. The first-order valence-corrected chi connectivity index (χ1v) is 12.6. The minimum Gasteiger partial charge on any atom is -0.437 e. The van der Waals surface area contributed by atoms with Gasteiger partial charge in [0.05, 0.1) is 6.04 Å². The number of likely N-dealkylation sites (tertiary alicyclic amines) is 1. The van der Waals surface area contributed by atoms with Gasteiger partial charge in [0.15, 0.2) is 6.10 Å². The molecule has 3 aliphatic heterocycles. The predicted octanol–water partition coefficient (Wildman–Crippen LogP) is 4.14. The van der Waals surface area contributed by atoms with Gasteiger partial charge < -0.3 is 19.4 Å². The molecule has 4 rings (SSSR count). The van der Waals surface area contributed by atoms with Crippen LogP contribution in [0.15, 0.2) is 18.2 Å². The van der Waals surface area contributed by atoms with Crippen LogP contribution >= 0.6 is 11.6 Å². The number of rotatable bonds is 5. The third kappa shape index (κ3) is 6.33. The first kappa shape index (κ1) is 25.9. The number of piperazine rings is 1. The fraction of sp³-hybridized carbons (Fsp3) is 0.667. The topological polar surface area (TPSA) is 56.3 Å². The molecule has 194 valence electrons. The van der Waals surface area contributed by atoms with Crippen LogP contribution < -0.4 is 4.90 Å². The van der Waals surface area contributed by atoms with Gasteiger partial charge in [0.1, 0.15) is 0 Å². The first-order valence-electron chi connectivity index (χ1n) is 12.2. The number of hydrogen-bond acceptors (Lipinski definition) is 5. The number of anilines is 1. The van der Waals surface area contributed by atoms with Gasteiger partial charge in [-0.3, -0.25) is 9.69 Å². The molecule has 1 unspecified atom stereocenters. The Morgan fingerprint density at radius 3 is 2.57 bits per heavy atom. The summed E-state index contributed by atoms with van der Waals surface area (Å²) in [7, 11) is 0. The van der Waals surface area contributed by atoms with Gasteiger partial charge in [0, 0.05) is 69.5 Å². The number of piperidine rings is 1. The molecule has 0 bridgehead atoms. The Morgan fingerprint density at radius 2 is 1.89 bits per heavy atom. The minimum absolute atomic E-state index is 0.211. The highest BCUT2D eigenvalue weighted by molar-refractivity contribution is 6.30. The summed E-state index contributed by atoms with van der Waals surface area (Å²) in [6, 6.07) is 6.03. The van der Waals surface area contributed by atoms with Crippen LogP contribution in [0.2, 0.25) is 5.02 Å². The molecule has 7 nitrogen and oxygen atoms in total. The van der Waals surface area contributed by atoms with Gasteiger partial charge >= 0.3 is 12.3 Å². The van der Waals surface area contributed by atoms with E-state index in [1.807, 2.05) is 23.1 Å². The molecule has 0 aromatic heterocycles. The van der Waals surface area contributed by atoms with Crippen molar-refractivity contribution in [3.05, 3.63) is 28.8 Å². The van der Waals surface area contributed by atoms with E-state index in [0.29, 0.717) is 44.2 Å². The van der Waals surface area contributed by atoms with Crippen molar-refractivity contribution in [1.29, 1.82) is 0 Å². The summed E-state index contributed by atoms with van der Waals surface area (Å²) in [4.78, 5) is 32.3. The molecule has 35 heavy (non-hydrogen) atoms. The maximum Gasteiger partial charge on any atom is 0.425 e. The molecule has 3 fully saturated rings.